The zero-order chi connectivity index (χ0) is 20.3. The van der Waals surface area contributed by atoms with Gasteiger partial charge in [0.2, 0.25) is 15.9 Å². The normalized spacial score (nSPS) is 16.4. The second-order valence-corrected chi connectivity index (χ2v) is 9.05. The van der Waals surface area contributed by atoms with E-state index in [1.54, 1.807) is 17.0 Å². The van der Waals surface area contributed by atoms with Crippen molar-refractivity contribution < 1.29 is 18.3 Å². The van der Waals surface area contributed by atoms with Crippen LogP contribution in [0.25, 0.3) is 0 Å². The van der Waals surface area contributed by atoms with Gasteiger partial charge < -0.3 is 10.0 Å². The number of nitrogens with zero attached hydrogens (tertiary/aromatic N) is 1. The fourth-order valence-electron chi connectivity index (χ4n) is 3.04. The highest BCUT2D eigenvalue weighted by molar-refractivity contribution is 7.89. The minimum atomic E-state index is -3.94. The zero-order valence-corrected chi connectivity index (χ0v) is 16.9. The van der Waals surface area contributed by atoms with Crippen LogP contribution in [0.2, 0.25) is 0 Å². The topological polar surface area (TPSA) is 86.7 Å². The van der Waals surface area contributed by atoms with Gasteiger partial charge in [-0.25, -0.2) is 8.42 Å². The van der Waals surface area contributed by atoms with Crippen molar-refractivity contribution in [3.63, 3.8) is 0 Å². The molecular weight excluding hydrogens is 376 g/mol. The Balaban J connectivity index is 1.81. The summed E-state index contributed by atoms with van der Waals surface area (Å²) in [5.74, 6) is -0.406. The van der Waals surface area contributed by atoms with Gasteiger partial charge in [-0.05, 0) is 44.4 Å². The van der Waals surface area contributed by atoms with Gasteiger partial charge in [-0.15, -0.1) is 0 Å². The minimum absolute atomic E-state index is 0.0672. The lowest BCUT2D eigenvalue weighted by molar-refractivity contribution is -0.136. The molecule has 0 aromatic heterocycles. The van der Waals surface area contributed by atoms with E-state index in [2.05, 4.69) is 4.72 Å². The third-order valence-corrected chi connectivity index (χ3v) is 6.29. The lowest BCUT2D eigenvalue weighted by atomic mass is 10.1. The highest BCUT2D eigenvalue weighted by Crippen LogP contribution is 2.29. The molecule has 3 rings (SSSR count). The summed E-state index contributed by atoms with van der Waals surface area (Å²) >= 11 is 0. The molecule has 0 saturated heterocycles. The molecule has 28 heavy (non-hydrogen) atoms. The summed E-state index contributed by atoms with van der Waals surface area (Å²) in [5.41, 5.74) is 1.90. The van der Waals surface area contributed by atoms with Crippen LogP contribution in [0.3, 0.4) is 0 Å². The van der Waals surface area contributed by atoms with Crippen molar-refractivity contribution in [3.8, 4) is 0 Å². The van der Waals surface area contributed by atoms with Crippen molar-refractivity contribution >= 4 is 15.9 Å². The zero-order valence-electron chi connectivity index (χ0n) is 16.1. The molecule has 2 aromatic rings. The summed E-state index contributed by atoms with van der Waals surface area (Å²) < 4.78 is 27.9. The fraction of sp³-hybridized carbons (Fsp3) is 0.381. The van der Waals surface area contributed by atoms with Crippen LogP contribution in [0.5, 0.6) is 0 Å². The SMILES string of the molecule is Cc1ccc(S(=O)(=O)NC(C(=O)N(Cc2ccccc2)C2CC2)C(C)O)cc1. The number of rotatable bonds is 8. The number of carbonyl (C=O) groups excluding carboxylic acids is 1. The molecule has 1 aliphatic rings. The Morgan fingerprint density at radius 1 is 1.14 bits per heavy atom. The first-order valence-electron chi connectivity index (χ1n) is 9.39. The number of aliphatic hydroxyl groups is 1. The molecule has 2 atom stereocenters. The lowest BCUT2D eigenvalue weighted by Gasteiger charge is -2.29. The number of aryl methyl sites for hydroxylation is 1. The lowest BCUT2D eigenvalue weighted by Crippen LogP contribution is -2.53. The Morgan fingerprint density at radius 2 is 1.75 bits per heavy atom. The molecule has 1 saturated carbocycles. The monoisotopic (exact) mass is 402 g/mol. The molecule has 0 bridgehead atoms. The van der Waals surface area contributed by atoms with Gasteiger partial charge in [-0.3, -0.25) is 4.79 Å². The summed E-state index contributed by atoms with van der Waals surface area (Å²) in [6.45, 7) is 3.68. The molecule has 0 heterocycles. The molecule has 1 amide bonds. The summed E-state index contributed by atoms with van der Waals surface area (Å²) in [4.78, 5) is 14.9. The average Bonchev–Trinajstić information content (AvgIpc) is 3.50. The van der Waals surface area contributed by atoms with Gasteiger partial charge in [-0.1, -0.05) is 48.0 Å². The quantitative estimate of drug-likeness (QED) is 0.709. The van der Waals surface area contributed by atoms with Crippen LogP contribution in [0.1, 0.15) is 30.9 Å². The summed E-state index contributed by atoms with van der Waals surface area (Å²) in [6, 6.07) is 14.8. The maximum atomic E-state index is 13.2. The molecule has 2 aromatic carbocycles. The van der Waals surface area contributed by atoms with Gasteiger partial charge in [0.1, 0.15) is 6.04 Å². The first-order chi connectivity index (χ1) is 13.3. The Hall–Kier alpha value is -2.22. The van der Waals surface area contributed by atoms with Crippen molar-refractivity contribution in [1.82, 2.24) is 9.62 Å². The maximum absolute atomic E-state index is 13.2. The Morgan fingerprint density at radius 3 is 2.29 bits per heavy atom. The van der Waals surface area contributed by atoms with E-state index < -0.39 is 28.1 Å². The first-order valence-corrected chi connectivity index (χ1v) is 10.9. The largest absolute Gasteiger partial charge is 0.391 e. The van der Waals surface area contributed by atoms with E-state index in [1.165, 1.54) is 19.1 Å². The maximum Gasteiger partial charge on any atom is 0.243 e. The molecular formula is C21H26N2O4S. The van der Waals surface area contributed by atoms with Gasteiger partial charge in [-0.2, -0.15) is 4.72 Å². The van der Waals surface area contributed by atoms with Crippen LogP contribution in [0.15, 0.2) is 59.5 Å². The van der Waals surface area contributed by atoms with Crippen molar-refractivity contribution in [2.45, 2.75) is 56.3 Å². The Kier molecular flexibility index (Phi) is 6.17. The number of carbonyl (C=O) groups is 1. The molecule has 0 radical (unpaired) electrons. The predicted octanol–water partition coefficient (Wildman–Crippen LogP) is 2.21. The van der Waals surface area contributed by atoms with E-state index in [-0.39, 0.29) is 10.9 Å². The number of aliphatic hydroxyl groups excluding tert-OH is 1. The molecule has 6 nitrogen and oxygen atoms in total. The van der Waals surface area contributed by atoms with Crippen LogP contribution in [0.4, 0.5) is 0 Å². The van der Waals surface area contributed by atoms with E-state index in [0.717, 1.165) is 24.0 Å². The summed E-state index contributed by atoms with van der Waals surface area (Å²) in [6.07, 6.45) is 0.607. The van der Waals surface area contributed by atoms with Gasteiger partial charge >= 0.3 is 0 Å². The molecule has 1 aliphatic carbocycles. The highest BCUT2D eigenvalue weighted by Gasteiger charge is 2.39. The van der Waals surface area contributed by atoms with E-state index in [4.69, 9.17) is 0 Å². The molecule has 150 valence electrons. The molecule has 0 spiro atoms. The number of nitrogens with one attached hydrogen (secondary N) is 1. The molecule has 7 heteroatoms. The third kappa shape index (κ3) is 4.98. The molecule has 1 fully saturated rings. The summed E-state index contributed by atoms with van der Waals surface area (Å²) in [7, 11) is -3.94. The predicted molar refractivity (Wildman–Crippen MR) is 107 cm³/mol. The van der Waals surface area contributed by atoms with Crippen LogP contribution in [0, 0.1) is 6.92 Å². The minimum Gasteiger partial charge on any atom is -0.391 e. The highest BCUT2D eigenvalue weighted by atomic mass is 32.2. The molecule has 2 unspecified atom stereocenters. The summed E-state index contributed by atoms with van der Waals surface area (Å²) in [5, 5.41) is 10.2. The van der Waals surface area contributed by atoms with Crippen LogP contribution in [-0.4, -0.2) is 42.5 Å². The Labute approximate surface area is 166 Å². The third-order valence-electron chi connectivity index (χ3n) is 4.83. The number of sulfonamides is 1. The van der Waals surface area contributed by atoms with Crippen LogP contribution in [-0.2, 0) is 21.4 Å². The van der Waals surface area contributed by atoms with E-state index >= 15 is 0 Å². The smallest absolute Gasteiger partial charge is 0.243 e. The number of benzene rings is 2. The van der Waals surface area contributed by atoms with E-state index in [1.807, 2.05) is 37.3 Å². The molecule has 2 N–H and O–H groups in total. The van der Waals surface area contributed by atoms with Crippen LogP contribution >= 0.6 is 0 Å². The van der Waals surface area contributed by atoms with E-state index in [0.29, 0.717) is 6.54 Å². The van der Waals surface area contributed by atoms with Gasteiger partial charge in [0, 0.05) is 12.6 Å². The van der Waals surface area contributed by atoms with Gasteiger partial charge in [0.05, 0.1) is 11.0 Å². The van der Waals surface area contributed by atoms with Gasteiger partial charge in [0.25, 0.3) is 0 Å². The van der Waals surface area contributed by atoms with E-state index in [9.17, 15) is 18.3 Å². The van der Waals surface area contributed by atoms with Crippen molar-refractivity contribution in [2.24, 2.45) is 0 Å². The van der Waals surface area contributed by atoms with Crippen molar-refractivity contribution in [2.75, 3.05) is 0 Å². The van der Waals surface area contributed by atoms with Gasteiger partial charge in [0.15, 0.2) is 0 Å². The van der Waals surface area contributed by atoms with Crippen molar-refractivity contribution in [1.29, 1.82) is 0 Å². The average molecular weight is 403 g/mol. The standard InChI is InChI=1S/C21H26N2O4S/c1-15-8-12-19(13-9-15)28(26,27)22-20(16(2)24)21(25)23(18-10-11-18)14-17-6-4-3-5-7-17/h3-9,12-13,16,18,20,22,24H,10-11,14H2,1-2H3. The number of hydrogen-bond donors (Lipinski definition) is 2. The number of hydrogen-bond acceptors (Lipinski definition) is 4. The molecule has 0 aliphatic heterocycles. The number of amides is 1. The second-order valence-electron chi connectivity index (χ2n) is 7.34. The van der Waals surface area contributed by atoms with Crippen molar-refractivity contribution in [3.05, 3.63) is 65.7 Å². The Bertz CT molecular complexity index is 907. The first kappa shape index (κ1) is 20.5. The van der Waals surface area contributed by atoms with Crippen LogP contribution < -0.4 is 4.72 Å². The second kappa shape index (κ2) is 8.43. The fourth-order valence-corrected chi connectivity index (χ4v) is 4.30.